The van der Waals surface area contributed by atoms with Gasteiger partial charge in [0.25, 0.3) is 0 Å². The second kappa shape index (κ2) is 7.21. The van der Waals surface area contributed by atoms with Crippen molar-refractivity contribution < 1.29 is 18.0 Å². The van der Waals surface area contributed by atoms with Crippen molar-refractivity contribution in [2.24, 2.45) is 5.92 Å². The minimum atomic E-state index is -3.35. The highest BCUT2D eigenvalue weighted by molar-refractivity contribution is 7.92. The molecule has 1 aliphatic rings. The van der Waals surface area contributed by atoms with Crippen LogP contribution in [0.25, 0.3) is 0 Å². The van der Waals surface area contributed by atoms with Gasteiger partial charge in [0.05, 0.1) is 18.2 Å². The van der Waals surface area contributed by atoms with Crippen LogP contribution < -0.4 is 10.0 Å². The second-order valence-corrected chi connectivity index (χ2v) is 7.81. The van der Waals surface area contributed by atoms with Crippen LogP contribution in [0.3, 0.4) is 0 Å². The van der Waals surface area contributed by atoms with Crippen LogP contribution in [0, 0.1) is 5.92 Å². The molecule has 2 amide bonds. The maximum absolute atomic E-state index is 12.3. The van der Waals surface area contributed by atoms with Crippen molar-refractivity contribution in [2.75, 3.05) is 24.1 Å². The number of carbonyl (C=O) groups excluding carboxylic acids is 2. The molecule has 2 atom stereocenters. The van der Waals surface area contributed by atoms with Crippen LogP contribution in [0.15, 0.2) is 24.3 Å². The van der Waals surface area contributed by atoms with Crippen LogP contribution in [0.1, 0.15) is 31.9 Å². The molecule has 1 aromatic carbocycles. The summed E-state index contributed by atoms with van der Waals surface area (Å²) in [6.45, 7) is 4.77. The molecule has 0 saturated carbocycles. The summed E-state index contributed by atoms with van der Waals surface area (Å²) in [6, 6.07) is 6.59. The highest BCUT2D eigenvalue weighted by Gasteiger charge is 2.33. The Morgan fingerprint density at radius 2 is 2.12 bits per heavy atom. The van der Waals surface area contributed by atoms with Gasteiger partial charge in [-0.15, -0.1) is 0 Å². The molecule has 1 aliphatic heterocycles. The standard InChI is InChI=1S/C16H23N3O4S/c1-4-19-10-13(9-15(19)20)16(21)17-11(2)12-6-5-7-14(8-12)18-24(3,22)23/h5-8,11,13,18H,4,9-10H2,1-3H3,(H,17,21)/t11-,13-/m0/s1. The van der Waals surface area contributed by atoms with Gasteiger partial charge >= 0.3 is 0 Å². The van der Waals surface area contributed by atoms with Crippen molar-refractivity contribution in [3.05, 3.63) is 29.8 Å². The SMILES string of the molecule is CCN1C[C@@H](C(=O)N[C@@H](C)c2cccc(NS(C)(=O)=O)c2)CC1=O. The molecule has 1 aromatic rings. The fraction of sp³-hybridized carbons (Fsp3) is 0.500. The van der Waals surface area contributed by atoms with Crippen LogP contribution in [0.5, 0.6) is 0 Å². The molecule has 132 valence electrons. The topological polar surface area (TPSA) is 95.6 Å². The van der Waals surface area contributed by atoms with E-state index in [1.807, 2.05) is 19.9 Å². The van der Waals surface area contributed by atoms with Crippen LogP contribution in [0.2, 0.25) is 0 Å². The number of carbonyl (C=O) groups is 2. The van der Waals surface area contributed by atoms with Crippen molar-refractivity contribution in [1.29, 1.82) is 0 Å². The Morgan fingerprint density at radius 1 is 1.42 bits per heavy atom. The van der Waals surface area contributed by atoms with E-state index in [9.17, 15) is 18.0 Å². The lowest BCUT2D eigenvalue weighted by Gasteiger charge is -2.18. The van der Waals surface area contributed by atoms with Gasteiger partial charge in [-0.3, -0.25) is 14.3 Å². The van der Waals surface area contributed by atoms with E-state index in [2.05, 4.69) is 10.0 Å². The minimum absolute atomic E-state index is 0.00431. The van der Waals surface area contributed by atoms with Crippen molar-refractivity contribution in [1.82, 2.24) is 10.2 Å². The molecule has 0 bridgehead atoms. The highest BCUT2D eigenvalue weighted by atomic mass is 32.2. The molecule has 0 aromatic heterocycles. The van der Waals surface area contributed by atoms with E-state index in [0.717, 1.165) is 11.8 Å². The lowest BCUT2D eigenvalue weighted by molar-refractivity contribution is -0.129. The average molecular weight is 353 g/mol. The first kappa shape index (κ1) is 18.3. The maximum atomic E-state index is 12.3. The summed E-state index contributed by atoms with van der Waals surface area (Å²) in [7, 11) is -3.35. The van der Waals surface area contributed by atoms with Crippen molar-refractivity contribution >= 4 is 27.5 Å². The van der Waals surface area contributed by atoms with E-state index in [1.54, 1.807) is 23.1 Å². The molecular formula is C16H23N3O4S. The number of anilines is 1. The molecule has 2 N–H and O–H groups in total. The Bertz CT molecular complexity index is 733. The first-order chi connectivity index (χ1) is 11.2. The lowest BCUT2D eigenvalue weighted by atomic mass is 10.0. The number of hydrogen-bond acceptors (Lipinski definition) is 4. The zero-order valence-electron chi connectivity index (χ0n) is 14.1. The third kappa shape index (κ3) is 4.70. The molecule has 2 rings (SSSR count). The summed E-state index contributed by atoms with van der Waals surface area (Å²) in [5.74, 6) is -0.491. The van der Waals surface area contributed by atoms with Gasteiger partial charge in [0.1, 0.15) is 0 Å². The molecule has 0 radical (unpaired) electrons. The van der Waals surface area contributed by atoms with Crippen LogP contribution in [-0.2, 0) is 19.6 Å². The van der Waals surface area contributed by atoms with E-state index < -0.39 is 10.0 Å². The third-order valence-corrected chi connectivity index (χ3v) is 4.62. The number of rotatable bonds is 6. The Labute approximate surface area is 142 Å². The van der Waals surface area contributed by atoms with Gasteiger partial charge in [-0.05, 0) is 31.5 Å². The largest absolute Gasteiger partial charge is 0.349 e. The van der Waals surface area contributed by atoms with Gasteiger partial charge < -0.3 is 10.2 Å². The quantitative estimate of drug-likeness (QED) is 0.801. The fourth-order valence-electron chi connectivity index (χ4n) is 2.75. The van der Waals surface area contributed by atoms with Crippen molar-refractivity contribution in [3.8, 4) is 0 Å². The number of sulfonamides is 1. The average Bonchev–Trinajstić information content (AvgIpc) is 2.87. The summed E-state index contributed by atoms with van der Waals surface area (Å²) >= 11 is 0. The fourth-order valence-corrected chi connectivity index (χ4v) is 3.31. The molecule has 8 heteroatoms. The normalized spacial score (nSPS) is 19.2. The summed E-state index contributed by atoms with van der Waals surface area (Å²) in [4.78, 5) is 25.8. The maximum Gasteiger partial charge on any atom is 0.229 e. The van der Waals surface area contributed by atoms with Crippen LogP contribution in [0.4, 0.5) is 5.69 Å². The Hall–Kier alpha value is -2.09. The van der Waals surface area contributed by atoms with Gasteiger partial charge in [-0.1, -0.05) is 12.1 Å². The molecule has 0 unspecified atom stereocenters. The van der Waals surface area contributed by atoms with E-state index in [-0.39, 0.29) is 30.2 Å². The van der Waals surface area contributed by atoms with Crippen LogP contribution in [-0.4, -0.2) is 44.5 Å². The van der Waals surface area contributed by atoms with E-state index in [1.165, 1.54) is 0 Å². The number of hydrogen-bond donors (Lipinski definition) is 2. The predicted octanol–water partition coefficient (Wildman–Crippen LogP) is 1.10. The third-order valence-electron chi connectivity index (χ3n) is 4.02. The number of likely N-dealkylation sites (tertiary alicyclic amines) is 1. The molecule has 1 heterocycles. The van der Waals surface area contributed by atoms with E-state index in [0.29, 0.717) is 18.8 Å². The monoisotopic (exact) mass is 353 g/mol. The first-order valence-electron chi connectivity index (χ1n) is 7.85. The van der Waals surface area contributed by atoms with Gasteiger partial charge in [0, 0.05) is 25.2 Å². The zero-order chi connectivity index (χ0) is 17.9. The molecule has 0 spiro atoms. The summed E-state index contributed by atoms with van der Waals surface area (Å²) in [6.07, 6.45) is 1.32. The van der Waals surface area contributed by atoms with E-state index >= 15 is 0 Å². The van der Waals surface area contributed by atoms with Gasteiger partial charge in [0.2, 0.25) is 21.8 Å². The van der Waals surface area contributed by atoms with E-state index in [4.69, 9.17) is 0 Å². The highest BCUT2D eigenvalue weighted by Crippen LogP contribution is 2.21. The smallest absolute Gasteiger partial charge is 0.229 e. The van der Waals surface area contributed by atoms with Gasteiger partial charge in [-0.25, -0.2) is 8.42 Å². The van der Waals surface area contributed by atoms with Gasteiger partial charge in [-0.2, -0.15) is 0 Å². The minimum Gasteiger partial charge on any atom is -0.349 e. The number of nitrogens with zero attached hydrogens (tertiary/aromatic N) is 1. The molecule has 1 fully saturated rings. The molecule has 24 heavy (non-hydrogen) atoms. The van der Waals surface area contributed by atoms with Gasteiger partial charge in [0.15, 0.2) is 0 Å². The second-order valence-electron chi connectivity index (χ2n) is 6.06. The summed E-state index contributed by atoms with van der Waals surface area (Å²) < 4.78 is 25.0. The van der Waals surface area contributed by atoms with Crippen molar-refractivity contribution in [3.63, 3.8) is 0 Å². The molecule has 7 nitrogen and oxygen atoms in total. The molecular weight excluding hydrogens is 330 g/mol. The predicted molar refractivity (Wildman–Crippen MR) is 91.8 cm³/mol. The zero-order valence-corrected chi connectivity index (χ0v) is 14.9. The Morgan fingerprint density at radius 3 is 2.71 bits per heavy atom. The summed E-state index contributed by atoms with van der Waals surface area (Å²) in [5.41, 5.74) is 1.23. The number of amides is 2. The Balaban J connectivity index is 2.02. The number of nitrogens with one attached hydrogen (secondary N) is 2. The Kier molecular flexibility index (Phi) is 5.48. The van der Waals surface area contributed by atoms with Crippen molar-refractivity contribution in [2.45, 2.75) is 26.3 Å². The number of benzene rings is 1. The molecule has 0 aliphatic carbocycles. The summed E-state index contributed by atoms with van der Waals surface area (Å²) in [5, 5.41) is 2.90. The van der Waals surface area contributed by atoms with Crippen LogP contribution >= 0.6 is 0 Å². The lowest BCUT2D eigenvalue weighted by Crippen LogP contribution is -2.34. The first-order valence-corrected chi connectivity index (χ1v) is 9.74. The molecule has 1 saturated heterocycles.